The smallest absolute Gasteiger partial charge is 0.313 e. The van der Waals surface area contributed by atoms with E-state index >= 15 is 0 Å². The molecule has 0 aliphatic heterocycles. The van der Waals surface area contributed by atoms with Crippen molar-refractivity contribution in [3.63, 3.8) is 0 Å². The van der Waals surface area contributed by atoms with Crippen LogP contribution in [0.15, 0.2) is 0 Å². The minimum absolute atomic E-state index is 0.122. The molecule has 0 amide bonds. The van der Waals surface area contributed by atoms with Gasteiger partial charge in [0.2, 0.25) is 0 Å². The Bertz CT molecular complexity index is 289. The van der Waals surface area contributed by atoms with Crippen molar-refractivity contribution in [3.05, 3.63) is 0 Å². The van der Waals surface area contributed by atoms with Crippen LogP contribution in [-0.4, -0.2) is 22.8 Å². The van der Waals surface area contributed by atoms with Gasteiger partial charge in [-0.25, -0.2) is 0 Å². The standard InChI is InChI=1S/C14H24O4S/c1-3-4-6-9-13(16)18-14(17)10-7-5-8-11-19-12(2)15/h3-11H2,1-2H3. The molecule has 0 heterocycles. The summed E-state index contributed by atoms with van der Waals surface area (Å²) in [6, 6.07) is 0. The number of carbonyl (C=O) groups excluding carboxylic acids is 3. The molecule has 0 aromatic carbocycles. The van der Waals surface area contributed by atoms with E-state index in [4.69, 9.17) is 4.74 Å². The van der Waals surface area contributed by atoms with Crippen LogP contribution in [0.2, 0.25) is 0 Å². The largest absolute Gasteiger partial charge is 0.393 e. The van der Waals surface area contributed by atoms with Gasteiger partial charge in [0, 0.05) is 25.5 Å². The number of rotatable bonds is 10. The third-order valence-electron chi connectivity index (χ3n) is 2.54. The number of esters is 2. The van der Waals surface area contributed by atoms with Crippen LogP contribution in [0.4, 0.5) is 0 Å². The molecule has 0 fully saturated rings. The van der Waals surface area contributed by atoms with Gasteiger partial charge in [-0.15, -0.1) is 0 Å². The van der Waals surface area contributed by atoms with E-state index in [1.165, 1.54) is 11.8 Å². The molecule has 0 aliphatic carbocycles. The summed E-state index contributed by atoms with van der Waals surface area (Å²) < 4.78 is 4.70. The highest BCUT2D eigenvalue weighted by Crippen LogP contribution is 2.09. The van der Waals surface area contributed by atoms with E-state index in [-0.39, 0.29) is 11.5 Å². The van der Waals surface area contributed by atoms with Crippen molar-refractivity contribution in [1.29, 1.82) is 0 Å². The van der Waals surface area contributed by atoms with Crippen LogP contribution in [0, 0.1) is 0 Å². The summed E-state index contributed by atoms with van der Waals surface area (Å²) >= 11 is 1.30. The number of hydrogen-bond donors (Lipinski definition) is 0. The van der Waals surface area contributed by atoms with Crippen LogP contribution in [-0.2, 0) is 19.1 Å². The summed E-state index contributed by atoms with van der Waals surface area (Å²) in [5, 5.41) is 0.122. The van der Waals surface area contributed by atoms with Gasteiger partial charge in [0.25, 0.3) is 0 Å². The molecule has 0 aromatic heterocycles. The van der Waals surface area contributed by atoms with E-state index in [2.05, 4.69) is 6.92 Å². The predicted octanol–water partition coefficient (Wildman–Crippen LogP) is 3.48. The molecule has 0 saturated heterocycles. The van der Waals surface area contributed by atoms with Gasteiger partial charge >= 0.3 is 11.9 Å². The van der Waals surface area contributed by atoms with Gasteiger partial charge in [-0.1, -0.05) is 37.9 Å². The van der Waals surface area contributed by atoms with Crippen LogP contribution < -0.4 is 0 Å². The van der Waals surface area contributed by atoms with Crippen molar-refractivity contribution in [3.8, 4) is 0 Å². The van der Waals surface area contributed by atoms with Crippen molar-refractivity contribution in [1.82, 2.24) is 0 Å². The van der Waals surface area contributed by atoms with Crippen molar-refractivity contribution in [2.75, 3.05) is 5.75 Å². The lowest BCUT2D eigenvalue weighted by molar-refractivity contribution is -0.159. The summed E-state index contributed by atoms with van der Waals surface area (Å²) in [6.45, 7) is 3.60. The lowest BCUT2D eigenvalue weighted by atomic mass is 10.2. The Kier molecular flexibility index (Phi) is 11.7. The predicted molar refractivity (Wildman–Crippen MR) is 76.8 cm³/mol. The SMILES string of the molecule is CCCCCC(=O)OC(=O)CCCCCSC(C)=O. The Morgan fingerprint density at radius 3 is 2.00 bits per heavy atom. The van der Waals surface area contributed by atoms with Crippen molar-refractivity contribution in [2.24, 2.45) is 0 Å². The summed E-state index contributed by atoms with van der Waals surface area (Å²) in [6.07, 6.45) is 5.90. The molecule has 0 saturated carbocycles. The average Bonchev–Trinajstić information content (AvgIpc) is 2.33. The van der Waals surface area contributed by atoms with Gasteiger partial charge in [-0.2, -0.15) is 0 Å². The Balaban J connectivity index is 3.43. The van der Waals surface area contributed by atoms with E-state index in [9.17, 15) is 14.4 Å². The quantitative estimate of drug-likeness (QED) is 0.350. The Morgan fingerprint density at radius 1 is 0.895 bits per heavy atom. The van der Waals surface area contributed by atoms with E-state index in [1.54, 1.807) is 6.92 Å². The highest BCUT2D eigenvalue weighted by atomic mass is 32.2. The third kappa shape index (κ3) is 13.4. The van der Waals surface area contributed by atoms with Crippen LogP contribution in [0.3, 0.4) is 0 Å². The lowest BCUT2D eigenvalue weighted by Gasteiger charge is -2.03. The van der Waals surface area contributed by atoms with Crippen molar-refractivity contribution < 1.29 is 19.1 Å². The molecule has 19 heavy (non-hydrogen) atoms. The van der Waals surface area contributed by atoms with Crippen LogP contribution in [0.1, 0.15) is 65.2 Å². The number of ether oxygens (including phenoxy) is 1. The van der Waals surface area contributed by atoms with Crippen LogP contribution in [0.5, 0.6) is 0 Å². The van der Waals surface area contributed by atoms with E-state index in [0.717, 1.165) is 37.9 Å². The van der Waals surface area contributed by atoms with Crippen LogP contribution >= 0.6 is 11.8 Å². The first-order chi connectivity index (χ1) is 9.06. The fourth-order valence-corrected chi connectivity index (χ4v) is 2.15. The summed E-state index contributed by atoms with van der Waals surface area (Å²) in [4.78, 5) is 33.2. The fraction of sp³-hybridized carbons (Fsp3) is 0.786. The molecule has 0 bridgehead atoms. The van der Waals surface area contributed by atoms with Gasteiger partial charge in [0.1, 0.15) is 0 Å². The highest BCUT2D eigenvalue weighted by Gasteiger charge is 2.09. The van der Waals surface area contributed by atoms with Gasteiger partial charge < -0.3 is 4.74 Å². The van der Waals surface area contributed by atoms with Gasteiger partial charge in [-0.3, -0.25) is 14.4 Å². The van der Waals surface area contributed by atoms with E-state index < -0.39 is 11.9 Å². The van der Waals surface area contributed by atoms with Gasteiger partial charge in [0.05, 0.1) is 0 Å². The molecule has 4 nitrogen and oxygen atoms in total. The number of hydrogen-bond acceptors (Lipinski definition) is 5. The maximum absolute atomic E-state index is 11.3. The van der Waals surface area contributed by atoms with Gasteiger partial charge in [-0.05, 0) is 19.3 Å². The zero-order valence-corrected chi connectivity index (χ0v) is 12.7. The Labute approximate surface area is 119 Å². The highest BCUT2D eigenvalue weighted by molar-refractivity contribution is 8.13. The second-order valence-corrected chi connectivity index (χ2v) is 5.73. The third-order valence-corrected chi connectivity index (χ3v) is 3.44. The molecule has 110 valence electrons. The first-order valence-electron chi connectivity index (χ1n) is 6.93. The van der Waals surface area contributed by atoms with Crippen LogP contribution in [0.25, 0.3) is 0 Å². The molecule has 0 spiro atoms. The van der Waals surface area contributed by atoms with Gasteiger partial charge in [0.15, 0.2) is 5.12 Å². The molecule has 0 unspecified atom stereocenters. The molecule has 0 atom stereocenters. The first kappa shape index (κ1) is 18.2. The van der Waals surface area contributed by atoms with Crippen molar-refractivity contribution in [2.45, 2.75) is 65.2 Å². The minimum Gasteiger partial charge on any atom is -0.393 e. The zero-order chi connectivity index (χ0) is 14.5. The Morgan fingerprint density at radius 2 is 1.47 bits per heavy atom. The van der Waals surface area contributed by atoms with E-state index in [0.29, 0.717) is 12.8 Å². The molecule has 5 heteroatoms. The number of carbonyl (C=O) groups is 3. The Hall–Kier alpha value is -0.840. The normalized spacial score (nSPS) is 10.2. The fourth-order valence-electron chi connectivity index (χ4n) is 1.51. The molecule has 0 N–H and O–H groups in total. The van der Waals surface area contributed by atoms with E-state index in [1.807, 2.05) is 0 Å². The molecule has 0 aromatic rings. The molecule has 0 rings (SSSR count). The lowest BCUT2D eigenvalue weighted by Crippen LogP contribution is -2.11. The number of thioether (sulfide) groups is 1. The second kappa shape index (κ2) is 12.2. The van der Waals surface area contributed by atoms with Crippen molar-refractivity contribution >= 4 is 28.8 Å². The first-order valence-corrected chi connectivity index (χ1v) is 7.91. The maximum atomic E-state index is 11.3. The monoisotopic (exact) mass is 288 g/mol. The maximum Gasteiger partial charge on any atom is 0.313 e. The molecular weight excluding hydrogens is 264 g/mol. The molecular formula is C14H24O4S. The zero-order valence-electron chi connectivity index (χ0n) is 11.9. The molecule has 0 aliphatic rings. The summed E-state index contributed by atoms with van der Waals surface area (Å²) in [7, 11) is 0. The summed E-state index contributed by atoms with van der Waals surface area (Å²) in [5.74, 6) is -0.0494. The summed E-state index contributed by atoms with van der Waals surface area (Å²) in [5.41, 5.74) is 0. The number of unbranched alkanes of at least 4 members (excludes halogenated alkanes) is 4. The minimum atomic E-state index is -0.430. The topological polar surface area (TPSA) is 60.4 Å². The average molecular weight is 288 g/mol. The second-order valence-electron chi connectivity index (χ2n) is 4.45. The molecule has 0 radical (unpaired) electrons.